The second-order valence-electron chi connectivity index (χ2n) is 5.61. The number of carbonyl (C=O) groups excluding carboxylic acids is 2. The lowest BCUT2D eigenvalue weighted by molar-refractivity contribution is -0.117. The minimum absolute atomic E-state index is 0.0100. The second kappa shape index (κ2) is 7.45. The molecule has 2 aromatic heterocycles. The molecule has 0 aromatic carbocycles. The van der Waals surface area contributed by atoms with Crippen molar-refractivity contribution in [1.29, 1.82) is 0 Å². The van der Waals surface area contributed by atoms with Gasteiger partial charge in [0.05, 0.1) is 12.1 Å². The van der Waals surface area contributed by atoms with E-state index in [1.807, 2.05) is 17.9 Å². The molecule has 8 nitrogen and oxygen atoms in total. The Morgan fingerprint density at radius 2 is 2.04 bits per heavy atom. The van der Waals surface area contributed by atoms with Gasteiger partial charge >= 0.3 is 0 Å². The van der Waals surface area contributed by atoms with Gasteiger partial charge in [0.15, 0.2) is 0 Å². The maximum absolute atomic E-state index is 12.5. The van der Waals surface area contributed by atoms with Gasteiger partial charge in [-0.1, -0.05) is 11.3 Å². The van der Waals surface area contributed by atoms with E-state index in [1.54, 1.807) is 22.8 Å². The van der Waals surface area contributed by atoms with Crippen molar-refractivity contribution in [3.63, 3.8) is 0 Å². The van der Waals surface area contributed by atoms with Crippen molar-refractivity contribution in [3.8, 4) is 0 Å². The summed E-state index contributed by atoms with van der Waals surface area (Å²) in [6.07, 6.45) is 3.32. The van der Waals surface area contributed by atoms with Crippen LogP contribution in [0.3, 0.4) is 0 Å². The van der Waals surface area contributed by atoms with Gasteiger partial charge in [-0.2, -0.15) is 0 Å². The predicted octanol–water partition coefficient (Wildman–Crippen LogP) is 0.638. The number of amides is 2. The molecular weight excluding hydrogens is 328 g/mol. The SMILES string of the molecule is Cc1cncc(C(=O)N2CCN(CC(=O)Nc3nncs3)CC2)c1. The van der Waals surface area contributed by atoms with Gasteiger partial charge in [0.25, 0.3) is 5.91 Å². The van der Waals surface area contributed by atoms with E-state index in [0.717, 1.165) is 5.56 Å². The van der Waals surface area contributed by atoms with Gasteiger partial charge in [-0.3, -0.25) is 24.8 Å². The van der Waals surface area contributed by atoms with Crippen LogP contribution in [0.1, 0.15) is 15.9 Å². The highest BCUT2D eigenvalue weighted by molar-refractivity contribution is 7.13. The Balaban J connectivity index is 1.48. The van der Waals surface area contributed by atoms with E-state index in [4.69, 9.17) is 0 Å². The van der Waals surface area contributed by atoms with Crippen molar-refractivity contribution in [2.75, 3.05) is 38.0 Å². The van der Waals surface area contributed by atoms with Crippen molar-refractivity contribution in [2.45, 2.75) is 6.92 Å². The van der Waals surface area contributed by atoms with Crippen LogP contribution in [0.25, 0.3) is 0 Å². The number of carbonyl (C=O) groups is 2. The van der Waals surface area contributed by atoms with Crippen LogP contribution in [0.15, 0.2) is 24.0 Å². The highest BCUT2D eigenvalue weighted by atomic mass is 32.1. The first-order chi connectivity index (χ1) is 11.6. The Kier molecular flexibility index (Phi) is 5.11. The Labute approximate surface area is 143 Å². The largest absolute Gasteiger partial charge is 0.336 e. The van der Waals surface area contributed by atoms with Crippen LogP contribution in [0.2, 0.25) is 0 Å². The van der Waals surface area contributed by atoms with Crippen molar-refractivity contribution in [1.82, 2.24) is 25.0 Å². The number of piperazine rings is 1. The summed E-state index contributed by atoms with van der Waals surface area (Å²) in [6.45, 7) is 4.71. The molecule has 1 aliphatic rings. The molecule has 1 saturated heterocycles. The van der Waals surface area contributed by atoms with E-state index in [-0.39, 0.29) is 18.4 Å². The molecule has 3 rings (SSSR count). The molecule has 1 fully saturated rings. The van der Waals surface area contributed by atoms with Crippen LogP contribution >= 0.6 is 11.3 Å². The number of aryl methyl sites for hydroxylation is 1. The highest BCUT2D eigenvalue weighted by Crippen LogP contribution is 2.11. The van der Waals surface area contributed by atoms with Gasteiger partial charge < -0.3 is 4.90 Å². The topological polar surface area (TPSA) is 91.3 Å². The maximum Gasteiger partial charge on any atom is 0.255 e. The molecule has 1 aliphatic heterocycles. The van der Waals surface area contributed by atoms with Crippen LogP contribution in [0.5, 0.6) is 0 Å². The number of hydrogen-bond donors (Lipinski definition) is 1. The van der Waals surface area contributed by atoms with Crippen molar-refractivity contribution >= 4 is 28.3 Å². The Bertz CT molecular complexity index is 713. The first-order valence-corrected chi connectivity index (χ1v) is 8.49. The summed E-state index contributed by atoms with van der Waals surface area (Å²) in [6, 6.07) is 1.84. The predicted molar refractivity (Wildman–Crippen MR) is 89.9 cm³/mol. The average Bonchev–Trinajstić information content (AvgIpc) is 3.07. The minimum Gasteiger partial charge on any atom is -0.336 e. The molecule has 3 heterocycles. The molecule has 0 unspecified atom stereocenters. The van der Waals surface area contributed by atoms with Gasteiger partial charge in [0.1, 0.15) is 5.51 Å². The summed E-state index contributed by atoms with van der Waals surface area (Å²) in [5.74, 6) is -0.126. The van der Waals surface area contributed by atoms with Crippen LogP contribution in [-0.4, -0.2) is 69.5 Å². The number of nitrogens with one attached hydrogen (secondary N) is 1. The fourth-order valence-corrected chi connectivity index (χ4v) is 3.01. The smallest absolute Gasteiger partial charge is 0.255 e. The number of aromatic nitrogens is 3. The number of anilines is 1. The lowest BCUT2D eigenvalue weighted by atomic mass is 10.2. The average molecular weight is 346 g/mol. The molecule has 0 spiro atoms. The molecule has 2 amide bonds. The van der Waals surface area contributed by atoms with Crippen LogP contribution < -0.4 is 5.32 Å². The Hall–Kier alpha value is -2.39. The Morgan fingerprint density at radius 1 is 1.25 bits per heavy atom. The molecule has 126 valence electrons. The zero-order valence-electron chi connectivity index (χ0n) is 13.3. The summed E-state index contributed by atoms with van der Waals surface area (Å²) < 4.78 is 0. The minimum atomic E-state index is -0.116. The third kappa shape index (κ3) is 4.12. The first kappa shape index (κ1) is 16.5. The fourth-order valence-electron chi connectivity index (χ4n) is 2.55. The zero-order chi connectivity index (χ0) is 16.9. The molecular formula is C15H18N6O2S. The zero-order valence-corrected chi connectivity index (χ0v) is 14.1. The molecule has 9 heteroatoms. The number of pyridine rings is 1. The number of nitrogens with zero attached hydrogens (tertiary/aromatic N) is 5. The van der Waals surface area contributed by atoms with Gasteiger partial charge in [-0.05, 0) is 18.6 Å². The fraction of sp³-hybridized carbons (Fsp3) is 0.400. The van der Waals surface area contributed by atoms with E-state index in [9.17, 15) is 9.59 Å². The van der Waals surface area contributed by atoms with Gasteiger partial charge in [-0.15, -0.1) is 10.2 Å². The van der Waals surface area contributed by atoms with E-state index in [2.05, 4.69) is 20.5 Å². The second-order valence-corrected chi connectivity index (χ2v) is 6.44. The van der Waals surface area contributed by atoms with Gasteiger partial charge in [0.2, 0.25) is 11.0 Å². The van der Waals surface area contributed by atoms with Crippen molar-refractivity contribution in [3.05, 3.63) is 35.1 Å². The molecule has 0 bridgehead atoms. The van der Waals surface area contributed by atoms with E-state index in [1.165, 1.54) is 11.3 Å². The third-order valence-corrected chi connectivity index (χ3v) is 4.36. The quantitative estimate of drug-likeness (QED) is 0.873. The summed E-state index contributed by atoms with van der Waals surface area (Å²) in [5.41, 5.74) is 3.14. The van der Waals surface area contributed by atoms with E-state index < -0.39 is 0 Å². The maximum atomic E-state index is 12.5. The van der Waals surface area contributed by atoms with Crippen LogP contribution in [0, 0.1) is 6.92 Å². The molecule has 0 aliphatic carbocycles. The summed E-state index contributed by atoms with van der Waals surface area (Å²) in [7, 11) is 0. The highest BCUT2D eigenvalue weighted by Gasteiger charge is 2.23. The molecule has 2 aromatic rings. The van der Waals surface area contributed by atoms with Gasteiger partial charge in [-0.25, -0.2) is 0 Å². The summed E-state index contributed by atoms with van der Waals surface area (Å²) >= 11 is 1.28. The Morgan fingerprint density at radius 3 is 2.71 bits per heavy atom. The van der Waals surface area contributed by atoms with E-state index >= 15 is 0 Å². The molecule has 1 N–H and O–H groups in total. The van der Waals surface area contributed by atoms with Crippen molar-refractivity contribution < 1.29 is 9.59 Å². The number of rotatable bonds is 4. The molecule has 0 radical (unpaired) electrons. The van der Waals surface area contributed by atoms with Crippen LogP contribution in [0.4, 0.5) is 5.13 Å². The standard InChI is InChI=1S/C15H18N6O2S/c1-11-6-12(8-16-7-11)14(23)21-4-2-20(3-5-21)9-13(22)18-15-19-17-10-24-15/h6-8,10H,2-5,9H2,1H3,(H,18,19,22). The molecule has 24 heavy (non-hydrogen) atoms. The first-order valence-electron chi connectivity index (χ1n) is 7.61. The molecule has 0 atom stereocenters. The lowest BCUT2D eigenvalue weighted by Crippen LogP contribution is -2.50. The van der Waals surface area contributed by atoms with Gasteiger partial charge in [0, 0.05) is 38.6 Å². The van der Waals surface area contributed by atoms with Crippen LogP contribution in [-0.2, 0) is 4.79 Å². The summed E-state index contributed by atoms with van der Waals surface area (Å²) in [5, 5.41) is 10.7. The monoisotopic (exact) mass is 346 g/mol. The lowest BCUT2D eigenvalue weighted by Gasteiger charge is -2.34. The normalized spacial score (nSPS) is 15.3. The van der Waals surface area contributed by atoms with E-state index in [0.29, 0.717) is 36.9 Å². The third-order valence-electron chi connectivity index (χ3n) is 3.76. The molecule has 0 saturated carbocycles. The van der Waals surface area contributed by atoms with Crippen molar-refractivity contribution in [2.24, 2.45) is 0 Å². The number of hydrogen-bond acceptors (Lipinski definition) is 7. The summed E-state index contributed by atoms with van der Waals surface area (Å²) in [4.78, 5) is 32.3.